The van der Waals surface area contributed by atoms with Gasteiger partial charge in [-0.15, -0.1) is 11.3 Å². The van der Waals surface area contributed by atoms with E-state index in [0.29, 0.717) is 11.0 Å². The molecule has 2 aromatic heterocycles. The second kappa shape index (κ2) is 5.36. The van der Waals surface area contributed by atoms with Crippen LogP contribution in [0.1, 0.15) is 5.56 Å². The number of fused-ring (bicyclic) bond motifs is 1. The Morgan fingerprint density at radius 2 is 1.95 bits per heavy atom. The van der Waals surface area contributed by atoms with Gasteiger partial charge in [0.15, 0.2) is 5.16 Å². The molecule has 0 amide bonds. The fourth-order valence-electron chi connectivity index (χ4n) is 1.65. The molecular formula is C13H10ClN3S2. The van der Waals surface area contributed by atoms with Crippen LogP contribution >= 0.6 is 34.7 Å². The molecule has 6 heteroatoms. The number of hydrogen-bond acceptors (Lipinski definition) is 5. The van der Waals surface area contributed by atoms with Crippen molar-refractivity contribution in [2.45, 2.75) is 10.9 Å². The van der Waals surface area contributed by atoms with E-state index in [1.54, 1.807) is 23.1 Å². The first-order chi connectivity index (χ1) is 9.22. The lowest BCUT2D eigenvalue weighted by atomic mass is 10.2. The Bertz CT molecular complexity index is 709. The summed E-state index contributed by atoms with van der Waals surface area (Å²) in [5, 5.41) is 4.36. The molecule has 0 unspecified atom stereocenters. The molecular weight excluding hydrogens is 298 g/mol. The number of benzene rings is 1. The van der Waals surface area contributed by atoms with Crippen LogP contribution in [0.15, 0.2) is 40.9 Å². The van der Waals surface area contributed by atoms with E-state index in [0.717, 1.165) is 21.0 Å². The minimum Gasteiger partial charge on any atom is -0.383 e. The van der Waals surface area contributed by atoms with Gasteiger partial charge in [0.1, 0.15) is 10.6 Å². The summed E-state index contributed by atoms with van der Waals surface area (Å²) in [5.74, 6) is 1.35. The van der Waals surface area contributed by atoms with Crippen molar-refractivity contribution in [3.63, 3.8) is 0 Å². The van der Waals surface area contributed by atoms with Crippen molar-refractivity contribution in [3.8, 4) is 0 Å². The van der Waals surface area contributed by atoms with Gasteiger partial charge in [-0.25, -0.2) is 9.97 Å². The van der Waals surface area contributed by atoms with Crippen LogP contribution < -0.4 is 5.73 Å². The molecule has 0 atom stereocenters. The predicted octanol–water partition coefficient (Wildman–Crippen LogP) is 4.22. The molecule has 0 saturated heterocycles. The average molecular weight is 308 g/mol. The van der Waals surface area contributed by atoms with Crippen molar-refractivity contribution in [1.82, 2.24) is 9.97 Å². The Morgan fingerprint density at radius 1 is 1.16 bits per heavy atom. The molecule has 2 N–H and O–H groups in total. The lowest BCUT2D eigenvalue weighted by Crippen LogP contribution is -1.95. The topological polar surface area (TPSA) is 51.8 Å². The minimum absolute atomic E-state index is 0.546. The molecule has 96 valence electrons. The summed E-state index contributed by atoms with van der Waals surface area (Å²) < 4.78 is 0. The molecule has 0 radical (unpaired) electrons. The van der Waals surface area contributed by atoms with Crippen LogP contribution in [-0.4, -0.2) is 9.97 Å². The summed E-state index contributed by atoms with van der Waals surface area (Å²) in [7, 11) is 0. The molecule has 19 heavy (non-hydrogen) atoms. The molecule has 0 spiro atoms. The molecule has 0 fully saturated rings. The fraction of sp³-hybridized carbons (Fsp3) is 0.0769. The number of nitrogen functional groups attached to an aromatic ring is 1. The van der Waals surface area contributed by atoms with Gasteiger partial charge in [0.05, 0.1) is 5.39 Å². The van der Waals surface area contributed by atoms with Gasteiger partial charge in [0.2, 0.25) is 0 Å². The van der Waals surface area contributed by atoms with E-state index in [-0.39, 0.29) is 0 Å². The Balaban J connectivity index is 1.79. The Morgan fingerprint density at radius 3 is 2.74 bits per heavy atom. The first-order valence-corrected chi connectivity index (χ1v) is 7.84. The Kier molecular flexibility index (Phi) is 3.59. The van der Waals surface area contributed by atoms with Crippen molar-refractivity contribution >= 4 is 50.7 Å². The van der Waals surface area contributed by atoms with Crippen LogP contribution in [0.4, 0.5) is 5.82 Å². The third kappa shape index (κ3) is 2.83. The molecule has 1 aromatic carbocycles. The largest absolute Gasteiger partial charge is 0.383 e. The molecule has 3 nitrogen and oxygen atoms in total. The summed E-state index contributed by atoms with van der Waals surface area (Å²) in [6.07, 6.45) is 0. The molecule has 3 aromatic rings. The zero-order valence-corrected chi connectivity index (χ0v) is 12.2. The van der Waals surface area contributed by atoms with Crippen molar-refractivity contribution < 1.29 is 0 Å². The maximum atomic E-state index is 5.92. The number of nitrogens with zero attached hydrogens (tertiary/aromatic N) is 2. The summed E-state index contributed by atoms with van der Waals surface area (Å²) in [6.45, 7) is 0. The van der Waals surface area contributed by atoms with E-state index in [1.165, 1.54) is 5.56 Å². The first-order valence-electron chi connectivity index (χ1n) is 5.60. The van der Waals surface area contributed by atoms with Gasteiger partial charge < -0.3 is 5.73 Å². The zero-order valence-electron chi connectivity index (χ0n) is 9.84. The van der Waals surface area contributed by atoms with E-state index in [1.807, 2.05) is 35.7 Å². The van der Waals surface area contributed by atoms with E-state index in [9.17, 15) is 0 Å². The maximum absolute atomic E-state index is 5.92. The van der Waals surface area contributed by atoms with E-state index >= 15 is 0 Å². The maximum Gasteiger partial charge on any atom is 0.191 e. The molecule has 2 heterocycles. The third-order valence-electron chi connectivity index (χ3n) is 2.62. The standard InChI is InChI=1S/C13H10ClN3S2/c14-9-3-1-8(2-4-9)7-19-13-16-11(15)10-5-6-18-12(10)17-13/h1-6H,7H2,(H2,15,16,17). The highest BCUT2D eigenvalue weighted by Gasteiger charge is 2.07. The normalized spacial score (nSPS) is 11.0. The number of thioether (sulfide) groups is 1. The Hall–Kier alpha value is -1.30. The number of aromatic nitrogens is 2. The van der Waals surface area contributed by atoms with Gasteiger partial charge in [-0.2, -0.15) is 0 Å². The van der Waals surface area contributed by atoms with Gasteiger partial charge in [-0.3, -0.25) is 0 Å². The molecule has 0 saturated carbocycles. The number of halogens is 1. The molecule has 0 bridgehead atoms. The monoisotopic (exact) mass is 307 g/mol. The number of anilines is 1. The second-order valence-corrected chi connectivity index (χ2v) is 6.22. The van der Waals surface area contributed by atoms with Crippen LogP contribution in [0.5, 0.6) is 0 Å². The fourth-order valence-corrected chi connectivity index (χ4v) is 3.41. The van der Waals surface area contributed by atoms with Gasteiger partial charge in [0, 0.05) is 10.8 Å². The van der Waals surface area contributed by atoms with Crippen molar-refractivity contribution in [1.29, 1.82) is 0 Å². The second-order valence-electron chi connectivity index (χ2n) is 3.95. The van der Waals surface area contributed by atoms with Crippen LogP contribution in [0.3, 0.4) is 0 Å². The van der Waals surface area contributed by atoms with Crippen LogP contribution in [-0.2, 0) is 5.75 Å². The molecule has 0 aliphatic rings. The third-order valence-corrected chi connectivity index (χ3v) is 4.59. The number of rotatable bonds is 3. The molecule has 0 aliphatic heterocycles. The van der Waals surface area contributed by atoms with Crippen LogP contribution in [0.2, 0.25) is 5.02 Å². The van der Waals surface area contributed by atoms with Gasteiger partial charge in [-0.1, -0.05) is 35.5 Å². The number of nitrogens with two attached hydrogens (primary N) is 1. The highest BCUT2D eigenvalue weighted by molar-refractivity contribution is 7.98. The number of hydrogen-bond donors (Lipinski definition) is 1. The summed E-state index contributed by atoms with van der Waals surface area (Å²) in [4.78, 5) is 9.75. The van der Waals surface area contributed by atoms with E-state index in [4.69, 9.17) is 17.3 Å². The lowest BCUT2D eigenvalue weighted by molar-refractivity contribution is 1.02. The Labute approximate surface area is 123 Å². The first kappa shape index (κ1) is 12.7. The zero-order chi connectivity index (χ0) is 13.2. The number of thiophene rings is 1. The van der Waals surface area contributed by atoms with Crippen molar-refractivity contribution in [3.05, 3.63) is 46.3 Å². The van der Waals surface area contributed by atoms with Gasteiger partial charge in [-0.05, 0) is 29.1 Å². The quantitative estimate of drug-likeness (QED) is 0.581. The molecule has 0 aliphatic carbocycles. The van der Waals surface area contributed by atoms with Crippen LogP contribution in [0.25, 0.3) is 10.2 Å². The smallest absolute Gasteiger partial charge is 0.191 e. The highest BCUT2D eigenvalue weighted by Crippen LogP contribution is 2.27. The van der Waals surface area contributed by atoms with Crippen molar-refractivity contribution in [2.75, 3.05) is 5.73 Å². The van der Waals surface area contributed by atoms with E-state index < -0.39 is 0 Å². The summed E-state index contributed by atoms with van der Waals surface area (Å²) in [5.41, 5.74) is 7.10. The summed E-state index contributed by atoms with van der Waals surface area (Å²) >= 11 is 9.01. The van der Waals surface area contributed by atoms with Gasteiger partial charge in [0.25, 0.3) is 0 Å². The lowest BCUT2D eigenvalue weighted by Gasteiger charge is -2.03. The van der Waals surface area contributed by atoms with Crippen LogP contribution in [0, 0.1) is 0 Å². The van der Waals surface area contributed by atoms with E-state index in [2.05, 4.69) is 9.97 Å². The van der Waals surface area contributed by atoms with Crippen molar-refractivity contribution in [2.24, 2.45) is 0 Å². The summed E-state index contributed by atoms with van der Waals surface area (Å²) in [6, 6.07) is 9.72. The predicted molar refractivity (Wildman–Crippen MR) is 82.8 cm³/mol. The average Bonchev–Trinajstić information content (AvgIpc) is 2.87. The minimum atomic E-state index is 0.546. The van der Waals surface area contributed by atoms with Gasteiger partial charge >= 0.3 is 0 Å². The highest BCUT2D eigenvalue weighted by atomic mass is 35.5. The SMILES string of the molecule is Nc1nc(SCc2ccc(Cl)cc2)nc2sccc12. The molecule has 3 rings (SSSR count).